The second-order valence-corrected chi connectivity index (χ2v) is 16.6. The van der Waals surface area contributed by atoms with Gasteiger partial charge in [-0.25, -0.2) is 0 Å². The highest BCUT2D eigenvalue weighted by molar-refractivity contribution is 6.10. The first-order chi connectivity index (χ1) is 31.7. The molecule has 0 unspecified atom stereocenters. The molecule has 0 saturated heterocycles. The summed E-state index contributed by atoms with van der Waals surface area (Å²) in [6.45, 7) is 0. The molecule has 300 valence electrons. The molecule has 12 rings (SSSR count). The molecule has 0 spiro atoms. The van der Waals surface area contributed by atoms with Crippen LogP contribution in [-0.4, -0.2) is 4.57 Å². The molecular weight excluding hydrogens is 773 g/mol. The number of anilines is 3. The zero-order valence-electron chi connectivity index (χ0n) is 35.1. The van der Waals surface area contributed by atoms with Crippen LogP contribution in [0.2, 0.25) is 0 Å². The Hall–Kier alpha value is -8.46. The van der Waals surface area contributed by atoms with Crippen molar-refractivity contribution in [1.82, 2.24) is 4.57 Å². The zero-order valence-corrected chi connectivity index (χ0v) is 35.1. The van der Waals surface area contributed by atoms with E-state index in [-0.39, 0.29) is 0 Å². The number of benzene rings is 11. The Labute approximate surface area is 373 Å². The molecule has 0 saturated carbocycles. The zero-order chi connectivity index (χ0) is 42.4. The highest BCUT2D eigenvalue weighted by Gasteiger charge is 2.16. The van der Waals surface area contributed by atoms with Crippen molar-refractivity contribution in [3.63, 3.8) is 0 Å². The lowest BCUT2D eigenvalue weighted by atomic mass is 9.98. The number of para-hydroxylation sites is 2. The second kappa shape index (κ2) is 15.8. The van der Waals surface area contributed by atoms with Crippen LogP contribution in [0, 0.1) is 0 Å². The van der Waals surface area contributed by atoms with E-state index < -0.39 is 0 Å². The van der Waals surface area contributed by atoms with E-state index in [1.165, 1.54) is 93.5 Å². The standard InChI is InChI=1S/C62H42N2/c1-2-14-55(15-3-1)64-61-17-9-8-16-59(61)60-42-54(32-39-62(60)64)49-30-37-58(38-31-49)63(57-35-28-48(29-36-57)53-25-23-44-11-5-7-13-51(44)41-53)56-33-26-46(27-34-56)45-18-20-47(21-19-45)52-24-22-43-10-4-6-12-50(43)40-52/h1-42H. The Morgan fingerprint density at radius 2 is 0.594 bits per heavy atom. The van der Waals surface area contributed by atoms with Gasteiger partial charge in [-0.1, -0.05) is 176 Å². The number of hydrogen-bond acceptors (Lipinski definition) is 1. The number of nitrogens with zero attached hydrogens (tertiary/aromatic N) is 2. The molecule has 1 aromatic heterocycles. The van der Waals surface area contributed by atoms with Crippen molar-refractivity contribution in [3.05, 3.63) is 255 Å². The molecule has 2 heteroatoms. The highest BCUT2D eigenvalue weighted by Crippen LogP contribution is 2.40. The topological polar surface area (TPSA) is 8.17 Å². The monoisotopic (exact) mass is 814 g/mol. The van der Waals surface area contributed by atoms with Crippen molar-refractivity contribution in [2.75, 3.05) is 4.90 Å². The van der Waals surface area contributed by atoms with E-state index in [2.05, 4.69) is 264 Å². The molecule has 0 atom stereocenters. The summed E-state index contributed by atoms with van der Waals surface area (Å²) in [5, 5.41) is 7.51. The third-order valence-corrected chi connectivity index (χ3v) is 12.8. The molecular formula is C62H42N2. The highest BCUT2D eigenvalue weighted by atomic mass is 15.1. The van der Waals surface area contributed by atoms with Crippen LogP contribution < -0.4 is 4.90 Å². The lowest BCUT2D eigenvalue weighted by molar-refractivity contribution is 1.18. The van der Waals surface area contributed by atoms with Gasteiger partial charge in [-0.15, -0.1) is 0 Å². The normalized spacial score (nSPS) is 11.4. The molecule has 1 heterocycles. The van der Waals surface area contributed by atoms with Gasteiger partial charge in [0.2, 0.25) is 0 Å². The van der Waals surface area contributed by atoms with E-state index in [4.69, 9.17) is 0 Å². The van der Waals surface area contributed by atoms with E-state index in [1.807, 2.05) is 0 Å². The van der Waals surface area contributed by atoms with Gasteiger partial charge in [0.05, 0.1) is 11.0 Å². The van der Waals surface area contributed by atoms with E-state index in [9.17, 15) is 0 Å². The van der Waals surface area contributed by atoms with Crippen LogP contribution in [0.25, 0.3) is 93.5 Å². The van der Waals surface area contributed by atoms with Gasteiger partial charge < -0.3 is 9.47 Å². The first-order valence-electron chi connectivity index (χ1n) is 22.0. The third kappa shape index (κ3) is 6.79. The Balaban J connectivity index is 0.888. The van der Waals surface area contributed by atoms with Gasteiger partial charge in [0, 0.05) is 33.5 Å². The molecule has 12 aromatic rings. The smallest absolute Gasteiger partial charge is 0.0541 e. The van der Waals surface area contributed by atoms with Gasteiger partial charge >= 0.3 is 0 Å². The predicted molar refractivity (Wildman–Crippen MR) is 272 cm³/mol. The van der Waals surface area contributed by atoms with Crippen LogP contribution in [0.1, 0.15) is 0 Å². The molecule has 64 heavy (non-hydrogen) atoms. The summed E-state index contributed by atoms with van der Waals surface area (Å²) in [4.78, 5) is 2.36. The number of fused-ring (bicyclic) bond motifs is 5. The van der Waals surface area contributed by atoms with Crippen LogP contribution in [0.3, 0.4) is 0 Å². The Bertz CT molecular complexity index is 3620. The van der Waals surface area contributed by atoms with E-state index in [0.717, 1.165) is 17.1 Å². The number of rotatable bonds is 8. The van der Waals surface area contributed by atoms with E-state index in [0.29, 0.717) is 0 Å². The fourth-order valence-corrected chi connectivity index (χ4v) is 9.46. The largest absolute Gasteiger partial charge is 0.311 e. The van der Waals surface area contributed by atoms with Crippen molar-refractivity contribution < 1.29 is 0 Å². The summed E-state index contributed by atoms with van der Waals surface area (Å²) in [7, 11) is 0. The second-order valence-electron chi connectivity index (χ2n) is 16.6. The summed E-state index contributed by atoms with van der Waals surface area (Å²) in [6, 6.07) is 92.6. The maximum atomic E-state index is 2.37. The Kier molecular flexibility index (Phi) is 9.20. The fraction of sp³-hybridized carbons (Fsp3) is 0. The molecule has 2 nitrogen and oxygen atoms in total. The van der Waals surface area contributed by atoms with Gasteiger partial charge in [0.25, 0.3) is 0 Å². The minimum absolute atomic E-state index is 1.09. The molecule has 0 aliphatic rings. The molecule has 11 aromatic carbocycles. The minimum Gasteiger partial charge on any atom is -0.311 e. The average molecular weight is 815 g/mol. The lowest BCUT2D eigenvalue weighted by Crippen LogP contribution is -2.09. The number of aromatic nitrogens is 1. The molecule has 0 bridgehead atoms. The molecule has 0 N–H and O–H groups in total. The average Bonchev–Trinajstić information content (AvgIpc) is 3.71. The number of hydrogen-bond donors (Lipinski definition) is 0. The summed E-state index contributed by atoms with van der Waals surface area (Å²) in [5.74, 6) is 0. The van der Waals surface area contributed by atoms with Crippen molar-refractivity contribution >= 4 is 60.4 Å². The first-order valence-corrected chi connectivity index (χ1v) is 22.0. The Morgan fingerprint density at radius 1 is 0.234 bits per heavy atom. The van der Waals surface area contributed by atoms with Crippen molar-refractivity contribution in [2.45, 2.75) is 0 Å². The molecule has 0 fully saturated rings. The van der Waals surface area contributed by atoms with Gasteiger partial charge in [-0.05, 0) is 145 Å². The van der Waals surface area contributed by atoms with Crippen molar-refractivity contribution in [3.8, 4) is 50.2 Å². The van der Waals surface area contributed by atoms with E-state index >= 15 is 0 Å². The van der Waals surface area contributed by atoms with Crippen LogP contribution in [0.15, 0.2) is 255 Å². The molecule has 0 aliphatic carbocycles. The molecule has 0 amide bonds. The van der Waals surface area contributed by atoms with Gasteiger partial charge in [-0.3, -0.25) is 0 Å². The summed E-state index contributed by atoms with van der Waals surface area (Å²) >= 11 is 0. The van der Waals surface area contributed by atoms with Crippen molar-refractivity contribution in [2.24, 2.45) is 0 Å². The SMILES string of the molecule is c1ccc(-n2c3ccccc3c3cc(-c4ccc(N(c5ccc(-c6ccc(-c7ccc8ccccc8c7)cc6)cc5)c5ccc(-c6ccc7ccccc7c6)cc5)cc4)ccc32)cc1. The molecule has 0 aliphatic heterocycles. The summed E-state index contributed by atoms with van der Waals surface area (Å²) < 4.78 is 2.37. The summed E-state index contributed by atoms with van der Waals surface area (Å²) in [6.07, 6.45) is 0. The summed E-state index contributed by atoms with van der Waals surface area (Å²) in [5.41, 5.74) is 16.4. The van der Waals surface area contributed by atoms with Gasteiger partial charge in [-0.2, -0.15) is 0 Å². The minimum atomic E-state index is 1.09. The molecule has 0 radical (unpaired) electrons. The third-order valence-electron chi connectivity index (χ3n) is 12.8. The first kappa shape index (κ1) is 37.3. The van der Waals surface area contributed by atoms with Gasteiger partial charge in [0.15, 0.2) is 0 Å². The fourth-order valence-electron chi connectivity index (χ4n) is 9.46. The maximum Gasteiger partial charge on any atom is 0.0541 e. The van der Waals surface area contributed by atoms with Crippen molar-refractivity contribution in [1.29, 1.82) is 0 Å². The van der Waals surface area contributed by atoms with Crippen LogP contribution in [0.5, 0.6) is 0 Å². The quantitative estimate of drug-likeness (QED) is 0.148. The van der Waals surface area contributed by atoms with Crippen LogP contribution in [0.4, 0.5) is 17.1 Å². The van der Waals surface area contributed by atoms with Gasteiger partial charge in [0.1, 0.15) is 0 Å². The lowest BCUT2D eigenvalue weighted by Gasteiger charge is -2.26. The predicted octanol–water partition coefficient (Wildman–Crippen LogP) is 17.2. The Morgan fingerprint density at radius 3 is 1.11 bits per heavy atom. The van der Waals surface area contributed by atoms with E-state index in [1.54, 1.807) is 0 Å². The van der Waals surface area contributed by atoms with Crippen LogP contribution >= 0.6 is 0 Å². The van der Waals surface area contributed by atoms with Crippen LogP contribution in [-0.2, 0) is 0 Å². The maximum absolute atomic E-state index is 2.37.